The molecule has 6 nitrogen and oxygen atoms in total. The Hall–Kier alpha value is -1.72. The minimum atomic E-state index is -0.493. The van der Waals surface area contributed by atoms with Crippen LogP contribution in [-0.2, 0) is 17.8 Å². The van der Waals surface area contributed by atoms with Crippen molar-refractivity contribution in [3.63, 3.8) is 0 Å². The molecule has 0 amide bonds. The number of rotatable bonds is 3. The van der Waals surface area contributed by atoms with Gasteiger partial charge in [-0.3, -0.25) is 0 Å². The molecule has 0 N–H and O–H groups in total. The van der Waals surface area contributed by atoms with Crippen LogP contribution in [0.25, 0.3) is 0 Å². The second-order valence-corrected chi connectivity index (χ2v) is 3.88. The molecule has 86 valence electrons. The van der Waals surface area contributed by atoms with Gasteiger partial charge in [0.2, 0.25) is 5.82 Å². The van der Waals surface area contributed by atoms with E-state index in [0.29, 0.717) is 24.4 Å². The zero-order valence-corrected chi connectivity index (χ0v) is 9.05. The van der Waals surface area contributed by atoms with Gasteiger partial charge < -0.3 is 19.5 Å². The number of aldehydes is 1. The quantitative estimate of drug-likeness (QED) is 0.441. The van der Waals surface area contributed by atoms with Crippen LogP contribution in [0.4, 0.5) is 5.82 Å². The summed E-state index contributed by atoms with van der Waals surface area (Å²) in [6, 6.07) is 0. The first-order chi connectivity index (χ1) is 7.69. The van der Waals surface area contributed by atoms with Gasteiger partial charge in [0.15, 0.2) is 0 Å². The highest BCUT2D eigenvalue weighted by Gasteiger charge is 2.34. The van der Waals surface area contributed by atoms with Gasteiger partial charge in [0.25, 0.3) is 0 Å². The van der Waals surface area contributed by atoms with E-state index in [1.807, 2.05) is 11.5 Å². The van der Waals surface area contributed by atoms with Crippen LogP contribution in [0.2, 0.25) is 0 Å². The van der Waals surface area contributed by atoms with Gasteiger partial charge in [-0.05, 0) is 22.7 Å². The monoisotopic (exact) mass is 223 g/mol. The maximum Gasteiger partial charge on any atom is 0.385 e. The second-order valence-electron chi connectivity index (χ2n) is 3.88. The third-order valence-electron chi connectivity index (χ3n) is 2.97. The average Bonchev–Trinajstić information content (AvgIpc) is 2.67. The van der Waals surface area contributed by atoms with Crippen molar-refractivity contribution >= 4 is 12.1 Å². The summed E-state index contributed by atoms with van der Waals surface area (Å²) >= 11 is 0. The van der Waals surface area contributed by atoms with Crippen molar-refractivity contribution in [3.05, 3.63) is 21.6 Å². The fourth-order valence-electron chi connectivity index (χ4n) is 2.26. The Bertz CT molecular complexity index is 439. The van der Waals surface area contributed by atoms with Crippen LogP contribution in [0, 0.1) is 10.1 Å². The largest absolute Gasteiger partial charge is 0.385 e. The summed E-state index contributed by atoms with van der Waals surface area (Å²) in [6.07, 6.45) is 2.99. The Morgan fingerprint density at radius 2 is 2.44 bits per heavy atom. The van der Waals surface area contributed by atoms with Gasteiger partial charge in [0, 0.05) is 13.0 Å². The van der Waals surface area contributed by atoms with Gasteiger partial charge in [-0.15, -0.1) is 0 Å². The first-order valence-corrected chi connectivity index (χ1v) is 5.38. The fourth-order valence-corrected chi connectivity index (χ4v) is 2.26. The Balaban J connectivity index is 2.60. The highest BCUT2D eigenvalue weighted by molar-refractivity contribution is 5.64. The van der Waals surface area contributed by atoms with Crippen molar-refractivity contribution in [1.29, 1.82) is 0 Å². The maximum atomic E-state index is 10.9. The fraction of sp³-hybridized carbons (Fsp3) is 0.600. The van der Waals surface area contributed by atoms with Crippen molar-refractivity contribution in [3.8, 4) is 0 Å². The molecule has 1 aliphatic heterocycles. The smallest absolute Gasteiger partial charge is 0.358 e. The lowest BCUT2D eigenvalue weighted by molar-refractivity contribution is -0.390. The molecule has 0 aliphatic carbocycles. The molecule has 2 rings (SSSR count). The number of carbonyl (C=O) groups excluding carboxylic acids is 1. The predicted molar refractivity (Wildman–Crippen MR) is 56.3 cm³/mol. The normalized spacial score (nSPS) is 19.2. The number of hydrogen-bond acceptors (Lipinski definition) is 4. The van der Waals surface area contributed by atoms with E-state index >= 15 is 0 Å². The van der Waals surface area contributed by atoms with E-state index in [0.717, 1.165) is 19.3 Å². The molecule has 6 heteroatoms. The highest BCUT2D eigenvalue weighted by atomic mass is 16.6. The molecular weight excluding hydrogens is 210 g/mol. The molecule has 1 atom stereocenters. The van der Waals surface area contributed by atoms with E-state index in [2.05, 4.69) is 4.98 Å². The number of nitro groups is 1. The lowest BCUT2D eigenvalue weighted by Crippen LogP contribution is -2.18. The molecule has 2 heterocycles. The molecule has 1 aromatic heterocycles. The Morgan fingerprint density at radius 1 is 1.69 bits per heavy atom. The molecule has 0 radical (unpaired) electrons. The van der Waals surface area contributed by atoms with E-state index in [-0.39, 0.29) is 11.7 Å². The lowest BCUT2D eigenvalue weighted by atomic mass is 9.97. The van der Waals surface area contributed by atoms with E-state index in [9.17, 15) is 14.9 Å². The minimum Gasteiger partial charge on any atom is -0.358 e. The molecule has 0 saturated heterocycles. The van der Waals surface area contributed by atoms with Crippen LogP contribution in [0.3, 0.4) is 0 Å². The van der Waals surface area contributed by atoms with Crippen LogP contribution >= 0.6 is 0 Å². The minimum absolute atomic E-state index is 0.145. The summed E-state index contributed by atoms with van der Waals surface area (Å²) in [7, 11) is 0. The number of aromatic nitrogens is 2. The molecule has 0 saturated carbocycles. The van der Waals surface area contributed by atoms with Crippen molar-refractivity contribution in [2.45, 2.75) is 38.6 Å². The van der Waals surface area contributed by atoms with Gasteiger partial charge >= 0.3 is 5.82 Å². The van der Waals surface area contributed by atoms with Gasteiger partial charge in [-0.1, -0.05) is 6.92 Å². The Kier molecular flexibility index (Phi) is 2.72. The highest BCUT2D eigenvalue weighted by Crippen LogP contribution is 2.33. The van der Waals surface area contributed by atoms with Crippen molar-refractivity contribution in [2.75, 3.05) is 0 Å². The number of aryl methyl sites for hydroxylation is 1. The van der Waals surface area contributed by atoms with Crippen LogP contribution in [-0.4, -0.2) is 20.8 Å². The molecule has 16 heavy (non-hydrogen) atoms. The lowest BCUT2D eigenvalue weighted by Gasteiger charge is -2.19. The van der Waals surface area contributed by atoms with Crippen molar-refractivity contribution in [2.24, 2.45) is 0 Å². The second kappa shape index (κ2) is 4.03. The summed E-state index contributed by atoms with van der Waals surface area (Å²) in [5.74, 6) is 0.184. The summed E-state index contributed by atoms with van der Waals surface area (Å²) in [5.41, 5.74) is 0.489. The summed E-state index contributed by atoms with van der Waals surface area (Å²) in [5, 5.41) is 10.9. The number of fused-ring (bicyclic) bond motifs is 1. The number of nitrogens with zero attached hydrogens (tertiary/aromatic N) is 3. The molecule has 0 aromatic carbocycles. The summed E-state index contributed by atoms with van der Waals surface area (Å²) in [6.45, 7) is 2.63. The number of imidazole rings is 1. The molecule has 0 bridgehead atoms. The van der Waals surface area contributed by atoms with E-state index < -0.39 is 4.92 Å². The zero-order valence-electron chi connectivity index (χ0n) is 9.05. The maximum absolute atomic E-state index is 10.9. The van der Waals surface area contributed by atoms with Gasteiger partial charge in [0.05, 0.1) is 5.92 Å². The molecule has 1 aliphatic rings. The molecule has 1 unspecified atom stereocenters. The van der Waals surface area contributed by atoms with Crippen molar-refractivity contribution < 1.29 is 9.72 Å². The van der Waals surface area contributed by atoms with Gasteiger partial charge in [0.1, 0.15) is 12.0 Å². The van der Waals surface area contributed by atoms with Gasteiger partial charge in [-0.25, -0.2) is 0 Å². The van der Waals surface area contributed by atoms with Crippen LogP contribution in [0.15, 0.2) is 0 Å². The molecule has 1 aromatic rings. The van der Waals surface area contributed by atoms with Crippen LogP contribution in [0.5, 0.6) is 0 Å². The van der Waals surface area contributed by atoms with E-state index in [1.165, 1.54) is 0 Å². The first-order valence-electron chi connectivity index (χ1n) is 5.38. The van der Waals surface area contributed by atoms with Crippen LogP contribution < -0.4 is 0 Å². The summed E-state index contributed by atoms with van der Waals surface area (Å²) < 4.78 is 1.83. The Morgan fingerprint density at radius 3 is 3.00 bits per heavy atom. The van der Waals surface area contributed by atoms with E-state index in [1.54, 1.807) is 0 Å². The molecule has 0 fully saturated rings. The predicted octanol–water partition coefficient (Wildman–Crippen LogP) is 1.43. The molecular formula is C10H13N3O3. The molecule has 0 spiro atoms. The zero-order chi connectivity index (χ0) is 11.7. The Labute approximate surface area is 92.4 Å². The van der Waals surface area contributed by atoms with E-state index in [4.69, 9.17) is 0 Å². The van der Waals surface area contributed by atoms with Crippen molar-refractivity contribution in [1.82, 2.24) is 9.55 Å². The average molecular weight is 223 g/mol. The standard InChI is InChI=1S/C10H13N3O3/c1-2-8-11-10(13(15)16)9-7(6-14)4-3-5-12(8)9/h6-7H,2-5H2,1H3. The number of carbonyl (C=O) groups is 1. The SMILES string of the molecule is CCc1nc([N+](=O)[O-])c2n1CCCC2C=O. The third kappa shape index (κ3) is 1.50. The topological polar surface area (TPSA) is 78.0 Å². The van der Waals surface area contributed by atoms with Gasteiger partial charge in [-0.2, -0.15) is 0 Å². The summed E-state index contributed by atoms with van der Waals surface area (Å²) in [4.78, 5) is 25.3. The third-order valence-corrected chi connectivity index (χ3v) is 2.97. The number of hydrogen-bond donors (Lipinski definition) is 0. The van der Waals surface area contributed by atoms with Crippen LogP contribution in [0.1, 0.15) is 37.2 Å². The first kappa shape index (κ1) is 10.8.